The maximum absolute atomic E-state index is 4.23. The van der Waals surface area contributed by atoms with Gasteiger partial charge in [0, 0.05) is 12.2 Å². The van der Waals surface area contributed by atoms with Gasteiger partial charge in [-0.1, -0.05) is 11.6 Å². The van der Waals surface area contributed by atoms with Crippen molar-refractivity contribution in [2.24, 2.45) is 0 Å². The average molecular weight is 235 g/mol. The highest BCUT2D eigenvalue weighted by Crippen LogP contribution is 2.12. The predicted octanol–water partition coefficient (Wildman–Crippen LogP) is 2.86. The Hall–Kier alpha value is -1.09. The summed E-state index contributed by atoms with van der Waals surface area (Å²) in [6.07, 6.45) is 4.49. The predicted molar refractivity (Wildman–Crippen MR) is 73.3 cm³/mol. The quantitative estimate of drug-likeness (QED) is 0.769. The standard InChI is InChI=1S/C14H25N3/c1-6-11(2)10-17(5)9-7-8-14-12(3)15-16-13(14)4/h6H,7-10H2,1-5H3,(H,15,16). The second kappa shape index (κ2) is 6.60. The first-order valence-electron chi connectivity index (χ1n) is 6.35. The van der Waals surface area contributed by atoms with E-state index < -0.39 is 0 Å². The van der Waals surface area contributed by atoms with Gasteiger partial charge in [-0.2, -0.15) is 5.10 Å². The van der Waals surface area contributed by atoms with Crippen LogP contribution in [0.2, 0.25) is 0 Å². The van der Waals surface area contributed by atoms with Gasteiger partial charge in [0.1, 0.15) is 0 Å². The van der Waals surface area contributed by atoms with Crippen LogP contribution in [-0.2, 0) is 6.42 Å². The molecule has 0 saturated heterocycles. The van der Waals surface area contributed by atoms with Gasteiger partial charge < -0.3 is 4.90 Å². The third kappa shape index (κ3) is 4.35. The smallest absolute Gasteiger partial charge is 0.0625 e. The Bertz CT molecular complexity index is 357. The van der Waals surface area contributed by atoms with Crippen molar-refractivity contribution in [2.45, 2.75) is 40.5 Å². The van der Waals surface area contributed by atoms with Crippen LogP contribution in [0.4, 0.5) is 0 Å². The third-order valence-corrected chi connectivity index (χ3v) is 3.26. The Balaban J connectivity index is 2.33. The molecule has 0 spiro atoms. The minimum Gasteiger partial charge on any atom is -0.302 e. The molecule has 0 bridgehead atoms. The lowest BCUT2D eigenvalue weighted by Crippen LogP contribution is -2.22. The van der Waals surface area contributed by atoms with Crippen molar-refractivity contribution in [2.75, 3.05) is 20.1 Å². The Kier molecular flexibility index (Phi) is 5.42. The zero-order valence-corrected chi connectivity index (χ0v) is 11.8. The summed E-state index contributed by atoms with van der Waals surface area (Å²) in [7, 11) is 2.18. The molecule has 0 atom stereocenters. The van der Waals surface area contributed by atoms with Gasteiger partial charge in [0.15, 0.2) is 0 Å². The van der Waals surface area contributed by atoms with E-state index in [-0.39, 0.29) is 0 Å². The normalized spacial score (nSPS) is 12.5. The minimum absolute atomic E-state index is 1.07. The number of nitrogens with zero attached hydrogens (tertiary/aromatic N) is 2. The second-order valence-corrected chi connectivity index (χ2v) is 4.89. The van der Waals surface area contributed by atoms with Crippen molar-refractivity contribution >= 4 is 0 Å². The van der Waals surface area contributed by atoms with Crippen LogP contribution < -0.4 is 0 Å². The Labute approximate surface area is 105 Å². The van der Waals surface area contributed by atoms with E-state index >= 15 is 0 Å². The monoisotopic (exact) mass is 235 g/mol. The van der Waals surface area contributed by atoms with Crippen LogP contribution >= 0.6 is 0 Å². The molecular weight excluding hydrogens is 210 g/mol. The van der Waals surface area contributed by atoms with Crippen molar-refractivity contribution in [1.29, 1.82) is 0 Å². The molecule has 0 aliphatic rings. The first-order valence-corrected chi connectivity index (χ1v) is 6.35. The summed E-state index contributed by atoms with van der Waals surface area (Å²) >= 11 is 0. The summed E-state index contributed by atoms with van der Waals surface area (Å²) < 4.78 is 0. The number of hydrogen-bond acceptors (Lipinski definition) is 2. The van der Waals surface area contributed by atoms with E-state index in [9.17, 15) is 0 Å². The summed E-state index contributed by atoms with van der Waals surface area (Å²) in [5, 5.41) is 7.27. The lowest BCUT2D eigenvalue weighted by atomic mass is 10.1. The lowest BCUT2D eigenvalue weighted by Gasteiger charge is -2.16. The zero-order chi connectivity index (χ0) is 12.8. The van der Waals surface area contributed by atoms with Crippen molar-refractivity contribution in [3.8, 4) is 0 Å². The van der Waals surface area contributed by atoms with Crippen LogP contribution in [0.3, 0.4) is 0 Å². The third-order valence-electron chi connectivity index (χ3n) is 3.26. The summed E-state index contributed by atoms with van der Waals surface area (Å²) in [5.41, 5.74) is 5.19. The number of H-pyrrole nitrogens is 1. The summed E-state index contributed by atoms with van der Waals surface area (Å²) in [6.45, 7) is 10.7. The van der Waals surface area contributed by atoms with Gasteiger partial charge in [-0.25, -0.2) is 0 Å². The first kappa shape index (κ1) is 14.0. The molecule has 1 N–H and O–H groups in total. The molecule has 96 valence electrons. The van der Waals surface area contributed by atoms with Crippen LogP contribution in [0.1, 0.15) is 37.2 Å². The van der Waals surface area contributed by atoms with E-state index in [1.807, 2.05) is 0 Å². The van der Waals surface area contributed by atoms with Gasteiger partial charge in [0.25, 0.3) is 0 Å². The Morgan fingerprint density at radius 3 is 2.65 bits per heavy atom. The van der Waals surface area contributed by atoms with E-state index in [0.29, 0.717) is 0 Å². The molecule has 1 heterocycles. The maximum atomic E-state index is 4.23. The molecule has 0 aliphatic carbocycles. The number of rotatable bonds is 6. The van der Waals surface area contributed by atoms with Crippen LogP contribution in [0.5, 0.6) is 0 Å². The summed E-state index contributed by atoms with van der Waals surface area (Å²) in [5.74, 6) is 0. The number of allylic oxidation sites excluding steroid dienone is 1. The van der Waals surface area contributed by atoms with Gasteiger partial charge in [-0.15, -0.1) is 0 Å². The van der Waals surface area contributed by atoms with Crippen LogP contribution in [0.25, 0.3) is 0 Å². The highest BCUT2D eigenvalue weighted by Gasteiger charge is 2.06. The van der Waals surface area contributed by atoms with Gasteiger partial charge in [-0.05, 0) is 59.7 Å². The number of aromatic amines is 1. The molecule has 3 nitrogen and oxygen atoms in total. The number of aryl methyl sites for hydroxylation is 2. The van der Waals surface area contributed by atoms with Crippen molar-refractivity contribution in [3.63, 3.8) is 0 Å². The second-order valence-electron chi connectivity index (χ2n) is 4.89. The molecule has 1 aromatic heterocycles. The van der Waals surface area contributed by atoms with E-state index in [1.165, 1.54) is 23.3 Å². The topological polar surface area (TPSA) is 31.9 Å². The molecule has 0 unspecified atom stereocenters. The molecule has 0 radical (unpaired) electrons. The molecule has 1 aromatic rings. The first-order chi connectivity index (χ1) is 8.04. The highest BCUT2D eigenvalue weighted by molar-refractivity contribution is 5.23. The molecule has 0 fully saturated rings. The number of hydrogen-bond donors (Lipinski definition) is 1. The number of nitrogens with one attached hydrogen (secondary N) is 1. The molecular formula is C14H25N3. The molecule has 1 rings (SSSR count). The maximum Gasteiger partial charge on any atom is 0.0625 e. The summed E-state index contributed by atoms with van der Waals surface area (Å²) in [4.78, 5) is 2.38. The minimum atomic E-state index is 1.07. The SMILES string of the molecule is CC=C(C)CN(C)CCCc1c(C)n[nH]c1C. The van der Waals surface area contributed by atoms with Crippen LogP contribution in [-0.4, -0.2) is 35.2 Å². The average Bonchev–Trinajstić information content (AvgIpc) is 2.60. The van der Waals surface area contributed by atoms with Crippen LogP contribution in [0, 0.1) is 13.8 Å². The fourth-order valence-electron chi connectivity index (χ4n) is 2.06. The molecule has 3 heteroatoms. The van der Waals surface area contributed by atoms with Crippen LogP contribution in [0.15, 0.2) is 11.6 Å². The van der Waals surface area contributed by atoms with Gasteiger partial charge >= 0.3 is 0 Å². The molecule has 0 saturated carbocycles. The molecule has 0 aliphatic heterocycles. The van der Waals surface area contributed by atoms with E-state index in [4.69, 9.17) is 0 Å². The fourth-order valence-corrected chi connectivity index (χ4v) is 2.06. The van der Waals surface area contributed by atoms with Crippen molar-refractivity contribution in [1.82, 2.24) is 15.1 Å². The van der Waals surface area contributed by atoms with Crippen molar-refractivity contribution < 1.29 is 0 Å². The lowest BCUT2D eigenvalue weighted by molar-refractivity contribution is 0.356. The van der Waals surface area contributed by atoms with Gasteiger partial charge in [0.2, 0.25) is 0 Å². The van der Waals surface area contributed by atoms with Gasteiger partial charge in [-0.3, -0.25) is 5.10 Å². The molecule has 0 amide bonds. The Morgan fingerprint density at radius 1 is 1.41 bits per heavy atom. The number of likely N-dealkylation sites (N-methyl/N-ethyl adjacent to an activating group) is 1. The molecule has 17 heavy (non-hydrogen) atoms. The fraction of sp³-hybridized carbons (Fsp3) is 0.643. The van der Waals surface area contributed by atoms with Crippen molar-refractivity contribution in [3.05, 3.63) is 28.6 Å². The Morgan fingerprint density at radius 2 is 2.12 bits per heavy atom. The van der Waals surface area contributed by atoms with E-state index in [1.54, 1.807) is 0 Å². The highest BCUT2D eigenvalue weighted by atomic mass is 15.1. The number of aromatic nitrogens is 2. The zero-order valence-electron chi connectivity index (χ0n) is 11.8. The largest absolute Gasteiger partial charge is 0.302 e. The molecule has 0 aromatic carbocycles. The van der Waals surface area contributed by atoms with Gasteiger partial charge in [0.05, 0.1) is 5.69 Å². The van der Waals surface area contributed by atoms with E-state index in [0.717, 1.165) is 25.2 Å². The summed E-state index contributed by atoms with van der Waals surface area (Å²) in [6, 6.07) is 0. The van der Waals surface area contributed by atoms with E-state index in [2.05, 4.69) is 55.9 Å².